The molecule has 1 heterocycles. The van der Waals surface area contributed by atoms with Crippen LogP contribution in [0.15, 0.2) is 24.3 Å². The predicted octanol–water partition coefficient (Wildman–Crippen LogP) is 3.38. The quantitative estimate of drug-likeness (QED) is 0.873. The minimum atomic E-state index is 0.608. The number of aryl methyl sites for hydroxylation is 1. The van der Waals surface area contributed by atoms with Gasteiger partial charge in [0, 0.05) is 6.04 Å². The van der Waals surface area contributed by atoms with Crippen molar-refractivity contribution in [3.05, 3.63) is 35.4 Å². The zero-order valence-electron chi connectivity index (χ0n) is 12.7. The molecule has 1 unspecified atom stereocenters. The van der Waals surface area contributed by atoms with Crippen LogP contribution in [0.5, 0.6) is 0 Å². The normalized spacial score (nSPS) is 19.5. The molecular formula is C17H28N2. The number of hydrogen-bond acceptors (Lipinski definition) is 2. The van der Waals surface area contributed by atoms with Gasteiger partial charge in [-0.3, -0.25) is 4.90 Å². The Morgan fingerprint density at radius 1 is 1.21 bits per heavy atom. The van der Waals surface area contributed by atoms with Gasteiger partial charge in [0.25, 0.3) is 0 Å². The van der Waals surface area contributed by atoms with E-state index in [-0.39, 0.29) is 0 Å². The summed E-state index contributed by atoms with van der Waals surface area (Å²) in [5.74, 6) is 0.872. The van der Waals surface area contributed by atoms with Gasteiger partial charge in [-0.2, -0.15) is 0 Å². The van der Waals surface area contributed by atoms with Crippen molar-refractivity contribution in [3.63, 3.8) is 0 Å². The van der Waals surface area contributed by atoms with E-state index in [0.29, 0.717) is 6.04 Å². The van der Waals surface area contributed by atoms with Crippen molar-refractivity contribution >= 4 is 0 Å². The Kier molecular flexibility index (Phi) is 5.41. The molecule has 19 heavy (non-hydrogen) atoms. The molecule has 1 fully saturated rings. The molecule has 0 aromatic heterocycles. The van der Waals surface area contributed by atoms with Gasteiger partial charge in [0.05, 0.1) is 0 Å². The molecular weight excluding hydrogens is 232 g/mol. The lowest BCUT2D eigenvalue weighted by Gasteiger charge is -2.37. The molecule has 106 valence electrons. The van der Waals surface area contributed by atoms with Crippen LogP contribution >= 0.6 is 0 Å². The molecule has 1 aliphatic heterocycles. The molecule has 1 aromatic carbocycles. The SMILES string of the molecule is CCC(c1ccc(C)cc1)N1CCC(CNC)CC1. The fourth-order valence-electron chi connectivity index (χ4n) is 3.25. The average Bonchev–Trinajstić information content (AvgIpc) is 2.44. The number of piperidine rings is 1. The van der Waals surface area contributed by atoms with Gasteiger partial charge in [-0.15, -0.1) is 0 Å². The third-order valence-electron chi connectivity index (χ3n) is 4.43. The molecule has 0 aliphatic carbocycles. The van der Waals surface area contributed by atoms with Gasteiger partial charge in [-0.05, 0) is 64.3 Å². The van der Waals surface area contributed by atoms with Crippen molar-refractivity contribution in [2.45, 2.75) is 39.2 Å². The first-order chi connectivity index (χ1) is 9.24. The first-order valence-electron chi connectivity index (χ1n) is 7.69. The standard InChI is InChI=1S/C17H28N2/c1-4-17(16-7-5-14(2)6-8-16)19-11-9-15(10-12-19)13-18-3/h5-8,15,17-18H,4,9-13H2,1-3H3. The summed E-state index contributed by atoms with van der Waals surface area (Å²) in [6, 6.07) is 9.71. The van der Waals surface area contributed by atoms with Crippen molar-refractivity contribution in [1.82, 2.24) is 10.2 Å². The largest absolute Gasteiger partial charge is 0.319 e. The molecule has 1 aliphatic rings. The number of likely N-dealkylation sites (tertiary alicyclic amines) is 1. The lowest BCUT2D eigenvalue weighted by molar-refractivity contribution is 0.129. The molecule has 0 amide bonds. The fraction of sp³-hybridized carbons (Fsp3) is 0.647. The van der Waals surface area contributed by atoms with Crippen LogP contribution in [0, 0.1) is 12.8 Å². The van der Waals surface area contributed by atoms with Crippen LogP contribution in [0.3, 0.4) is 0 Å². The van der Waals surface area contributed by atoms with E-state index in [4.69, 9.17) is 0 Å². The van der Waals surface area contributed by atoms with E-state index in [1.807, 2.05) is 0 Å². The van der Waals surface area contributed by atoms with Gasteiger partial charge in [-0.25, -0.2) is 0 Å². The molecule has 1 N–H and O–H groups in total. The number of nitrogens with zero attached hydrogens (tertiary/aromatic N) is 1. The topological polar surface area (TPSA) is 15.3 Å². The van der Waals surface area contributed by atoms with Crippen molar-refractivity contribution < 1.29 is 0 Å². The predicted molar refractivity (Wildman–Crippen MR) is 82.4 cm³/mol. The van der Waals surface area contributed by atoms with Crippen molar-refractivity contribution in [3.8, 4) is 0 Å². The Morgan fingerprint density at radius 3 is 2.37 bits per heavy atom. The second kappa shape index (κ2) is 7.06. The summed E-state index contributed by atoms with van der Waals surface area (Å²) in [6.07, 6.45) is 3.88. The Labute approximate surface area is 118 Å². The highest BCUT2D eigenvalue weighted by Gasteiger charge is 2.24. The Balaban J connectivity index is 1.97. The van der Waals surface area contributed by atoms with E-state index in [2.05, 4.69) is 55.4 Å². The van der Waals surface area contributed by atoms with Crippen LogP contribution in [0.2, 0.25) is 0 Å². The summed E-state index contributed by atoms with van der Waals surface area (Å²) < 4.78 is 0. The zero-order chi connectivity index (χ0) is 13.7. The summed E-state index contributed by atoms with van der Waals surface area (Å²) >= 11 is 0. The molecule has 0 radical (unpaired) electrons. The summed E-state index contributed by atoms with van der Waals surface area (Å²) in [6.45, 7) is 8.14. The summed E-state index contributed by atoms with van der Waals surface area (Å²) in [5.41, 5.74) is 2.84. The Morgan fingerprint density at radius 2 is 1.84 bits per heavy atom. The minimum absolute atomic E-state index is 0.608. The van der Waals surface area contributed by atoms with Gasteiger partial charge in [0.15, 0.2) is 0 Å². The maximum atomic E-state index is 3.31. The maximum Gasteiger partial charge on any atom is 0.0345 e. The number of benzene rings is 1. The smallest absolute Gasteiger partial charge is 0.0345 e. The first-order valence-corrected chi connectivity index (χ1v) is 7.69. The van der Waals surface area contributed by atoms with E-state index in [9.17, 15) is 0 Å². The third-order valence-corrected chi connectivity index (χ3v) is 4.43. The van der Waals surface area contributed by atoms with E-state index in [1.54, 1.807) is 0 Å². The second-order valence-electron chi connectivity index (χ2n) is 5.87. The minimum Gasteiger partial charge on any atom is -0.319 e. The van der Waals surface area contributed by atoms with E-state index in [0.717, 1.165) is 5.92 Å². The summed E-state index contributed by atoms with van der Waals surface area (Å²) in [5, 5.41) is 3.31. The highest BCUT2D eigenvalue weighted by Crippen LogP contribution is 2.29. The Hall–Kier alpha value is -0.860. The van der Waals surface area contributed by atoms with Crippen LogP contribution in [0.25, 0.3) is 0 Å². The highest BCUT2D eigenvalue weighted by atomic mass is 15.2. The molecule has 2 rings (SSSR count). The van der Waals surface area contributed by atoms with Crippen molar-refractivity contribution in [1.29, 1.82) is 0 Å². The van der Waals surface area contributed by atoms with E-state index < -0.39 is 0 Å². The van der Waals surface area contributed by atoms with Gasteiger partial charge < -0.3 is 5.32 Å². The van der Waals surface area contributed by atoms with E-state index in [1.165, 1.54) is 50.0 Å². The van der Waals surface area contributed by atoms with Crippen LogP contribution in [-0.4, -0.2) is 31.6 Å². The monoisotopic (exact) mass is 260 g/mol. The molecule has 0 bridgehead atoms. The average molecular weight is 260 g/mol. The van der Waals surface area contributed by atoms with Gasteiger partial charge in [0.1, 0.15) is 0 Å². The van der Waals surface area contributed by atoms with Crippen molar-refractivity contribution in [2.75, 3.05) is 26.7 Å². The van der Waals surface area contributed by atoms with Crippen LogP contribution in [-0.2, 0) is 0 Å². The van der Waals surface area contributed by atoms with Gasteiger partial charge >= 0.3 is 0 Å². The lowest BCUT2D eigenvalue weighted by atomic mass is 9.93. The highest BCUT2D eigenvalue weighted by molar-refractivity contribution is 5.24. The molecule has 0 spiro atoms. The maximum absolute atomic E-state index is 3.31. The number of hydrogen-bond donors (Lipinski definition) is 1. The molecule has 1 atom stereocenters. The molecule has 1 saturated heterocycles. The third kappa shape index (κ3) is 3.80. The van der Waals surface area contributed by atoms with Crippen LogP contribution in [0.1, 0.15) is 43.4 Å². The molecule has 2 nitrogen and oxygen atoms in total. The zero-order valence-corrected chi connectivity index (χ0v) is 12.7. The molecule has 1 aromatic rings. The van der Waals surface area contributed by atoms with Gasteiger partial charge in [-0.1, -0.05) is 36.8 Å². The van der Waals surface area contributed by atoms with Crippen LogP contribution < -0.4 is 5.32 Å². The molecule has 0 saturated carbocycles. The summed E-state index contributed by atoms with van der Waals surface area (Å²) in [7, 11) is 2.06. The van der Waals surface area contributed by atoms with Crippen molar-refractivity contribution in [2.24, 2.45) is 5.92 Å². The number of rotatable bonds is 5. The first kappa shape index (κ1) is 14.5. The second-order valence-corrected chi connectivity index (χ2v) is 5.87. The van der Waals surface area contributed by atoms with Crippen LogP contribution in [0.4, 0.5) is 0 Å². The van der Waals surface area contributed by atoms with E-state index >= 15 is 0 Å². The summed E-state index contributed by atoms with van der Waals surface area (Å²) in [4.78, 5) is 2.68. The lowest BCUT2D eigenvalue weighted by Crippen LogP contribution is -2.38. The fourth-order valence-corrected chi connectivity index (χ4v) is 3.25. The molecule has 2 heteroatoms. The Bertz CT molecular complexity index is 363. The van der Waals surface area contributed by atoms with Gasteiger partial charge in [0.2, 0.25) is 0 Å². The number of nitrogens with one attached hydrogen (secondary N) is 1.